The molecule has 0 aliphatic carbocycles. The van der Waals surface area contributed by atoms with E-state index < -0.39 is 5.60 Å². The standard InChI is InChI=1S/C19H25N3O3/c1-13-8-10-14(11-9-13)16-20-21-17(24-16)15-7-5-6-12-22(15)18(23)25-19(2,3)4/h8-11,15H,5-7,12H2,1-4H3. The zero-order valence-electron chi connectivity index (χ0n) is 15.3. The van der Waals surface area contributed by atoms with Gasteiger partial charge in [0.15, 0.2) is 0 Å². The molecule has 1 unspecified atom stereocenters. The number of hydrogen-bond donors (Lipinski definition) is 0. The molecule has 1 atom stereocenters. The summed E-state index contributed by atoms with van der Waals surface area (Å²) in [5.41, 5.74) is 1.52. The number of piperidine rings is 1. The Morgan fingerprint density at radius 2 is 1.92 bits per heavy atom. The maximum absolute atomic E-state index is 12.5. The van der Waals surface area contributed by atoms with Gasteiger partial charge >= 0.3 is 6.09 Å². The molecule has 1 aliphatic heterocycles. The van der Waals surface area contributed by atoms with Gasteiger partial charge in [-0.3, -0.25) is 4.90 Å². The number of benzene rings is 1. The molecule has 3 rings (SSSR count). The number of rotatable bonds is 2. The summed E-state index contributed by atoms with van der Waals surface area (Å²) in [5, 5.41) is 8.37. The highest BCUT2D eigenvalue weighted by molar-refractivity contribution is 5.68. The first-order valence-corrected chi connectivity index (χ1v) is 8.73. The lowest BCUT2D eigenvalue weighted by Crippen LogP contribution is -2.42. The molecule has 0 saturated carbocycles. The molecule has 1 fully saturated rings. The fraction of sp³-hybridized carbons (Fsp3) is 0.526. The molecule has 6 nitrogen and oxygen atoms in total. The zero-order valence-corrected chi connectivity index (χ0v) is 15.3. The molecular weight excluding hydrogens is 318 g/mol. The van der Waals surface area contributed by atoms with Crippen LogP contribution in [0.4, 0.5) is 4.79 Å². The molecule has 2 aromatic rings. The quantitative estimate of drug-likeness (QED) is 0.802. The molecule has 6 heteroatoms. The Morgan fingerprint density at radius 3 is 2.60 bits per heavy atom. The van der Waals surface area contributed by atoms with Crippen LogP contribution < -0.4 is 0 Å². The van der Waals surface area contributed by atoms with Crippen LogP contribution in [0, 0.1) is 6.92 Å². The van der Waals surface area contributed by atoms with E-state index >= 15 is 0 Å². The molecule has 2 heterocycles. The van der Waals surface area contributed by atoms with Gasteiger partial charge in [-0.2, -0.15) is 0 Å². The Kier molecular flexibility index (Phi) is 4.79. The van der Waals surface area contributed by atoms with Gasteiger partial charge in [0.2, 0.25) is 11.8 Å². The summed E-state index contributed by atoms with van der Waals surface area (Å²) in [5.74, 6) is 0.950. The van der Waals surface area contributed by atoms with E-state index in [0.29, 0.717) is 18.3 Å². The average molecular weight is 343 g/mol. The van der Waals surface area contributed by atoms with Crippen LogP contribution in [0.5, 0.6) is 0 Å². The third-order valence-electron chi connectivity index (χ3n) is 4.16. The third kappa shape index (κ3) is 4.18. The number of aromatic nitrogens is 2. The summed E-state index contributed by atoms with van der Waals surface area (Å²) >= 11 is 0. The van der Waals surface area contributed by atoms with Crippen molar-refractivity contribution in [2.24, 2.45) is 0 Å². The Balaban J connectivity index is 1.81. The van der Waals surface area contributed by atoms with Crippen molar-refractivity contribution in [3.63, 3.8) is 0 Å². The third-order valence-corrected chi connectivity index (χ3v) is 4.16. The highest BCUT2D eigenvalue weighted by atomic mass is 16.6. The molecule has 0 radical (unpaired) electrons. The van der Waals surface area contributed by atoms with Gasteiger partial charge in [0.25, 0.3) is 0 Å². The van der Waals surface area contributed by atoms with E-state index in [9.17, 15) is 4.79 Å². The largest absolute Gasteiger partial charge is 0.444 e. The van der Waals surface area contributed by atoms with Gasteiger partial charge in [-0.25, -0.2) is 4.79 Å². The van der Waals surface area contributed by atoms with Gasteiger partial charge < -0.3 is 9.15 Å². The summed E-state index contributed by atoms with van der Waals surface area (Å²) in [6.07, 6.45) is 2.45. The van der Waals surface area contributed by atoms with Crippen molar-refractivity contribution >= 4 is 6.09 Å². The Morgan fingerprint density at radius 1 is 1.20 bits per heavy atom. The number of aryl methyl sites for hydroxylation is 1. The number of ether oxygens (including phenoxy) is 1. The SMILES string of the molecule is Cc1ccc(-c2nnc(C3CCCCN3C(=O)OC(C)(C)C)o2)cc1. The summed E-state index contributed by atoms with van der Waals surface area (Å²) in [7, 11) is 0. The summed E-state index contributed by atoms with van der Waals surface area (Å²) < 4.78 is 11.4. The molecule has 1 amide bonds. The topological polar surface area (TPSA) is 68.5 Å². The smallest absolute Gasteiger partial charge is 0.410 e. The molecular formula is C19H25N3O3. The van der Waals surface area contributed by atoms with Crippen LogP contribution in [0.3, 0.4) is 0 Å². The minimum Gasteiger partial charge on any atom is -0.444 e. The second kappa shape index (κ2) is 6.86. The fourth-order valence-electron chi connectivity index (χ4n) is 2.91. The van der Waals surface area contributed by atoms with E-state index in [1.807, 2.05) is 52.0 Å². The first-order valence-electron chi connectivity index (χ1n) is 8.73. The highest BCUT2D eigenvalue weighted by Crippen LogP contribution is 2.32. The molecule has 0 bridgehead atoms. The first kappa shape index (κ1) is 17.5. The van der Waals surface area contributed by atoms with Crippen LogP contribution in [0.15, 0.2) is 28.7 Å². The fourth-order valence-corrected chi connectivity index (χ4v) is 2.91. The van der Waals surface area contributed by atoms with Gasteiger partial charge in [0, 0.05) is 12.1 Å². The molecule has 0 spiro atoms. The Hall–Kier alpha value is -2.37. The van der Waals surface area contributed by atoms with Crippen molar-refractivity contribution in [3.05, 3.63) is 35.7 Å². The van der Waals surface area contributed by atoms with Crippen molar-refractivity contribution in [2.45, 2.75) is 58.6 Å². The summed E-state index contributed by atoms with van der Waals surface area (Å²) in [4.78, 5) is 14.2. The van der Waals surface area contributed by atoms with E-state index in [0.717, 1.165) is 24.8 Å². The summed E-state index contributed by atoms with van der Waals surface area (Å²) in [6, 6.07) is 7.70. The van der Waals surface area contributed by atoms with Crippen molar-refractivity contribution < 1.29 is 13.9 Å². The van der Waals surface area contributed by atoms with Crippen molar-refractivity contribution in [1.29, 1.82) is 0 Å². The molecule has 0 N–H and O–H groups in total. The van der Waals surface area contributed by atoms with E-state index in [2.05, 4.69) is 10.2 Å². The molecule has 1 aromatic heterocycles. The molecule has 1 saturated heterocycles. The second-order valence-electron chi connectivity index (χ2n) is 7.50. The first-order chi connectivity index (χ1) is 11.8. The molecule has 25 heavy (non-hydrogen) atoms. The van der Waals surface area contributed by atoms with Gasteiger partial charge in [-0.1, -0.05) is 17.7 Å². The minimum atomic E-state index is -0.527. The second-order valence-corrected chi connectivity index (χ2v) is 7.50. The molecule has 1 aliphatic rings. The van der Waals surface area contributed by atoms with Crippen LogP contribution in [-0.2, 0) is 4.74 Å². The Bertz CT molecular complexity index is 731. The van der Waals surface area contributed by atoms with Crippen LogP contribution in [-0.4, -0.2) is 33.3 Å². The number of nitrogens with zero attached hydrogens (tertiary/aromatic N) is 3. The number of carbonyl (C=O) groups is 1. The van der Waals surface area contributed by atoms with E-state index in [-0.39, 0.29) is 12.1 Å². The normalized spacial score (nSPS) is 18.2. The molecule has 1 aromatic carbocycles. The Labute approximate surface area is 148 Å². The monoisotopic (exact) mass is 343 g/mol. The zero-order chi connectivity index (χ0) is 18.0. The number of carbonyl (C=O) groups excluding carboxylic acids is 1. The average Bonchev–Trinajstić information content (AvgIpc) is 3.04. The highest BCUT2D eigenvalue weighted by Gasteiger charge is 2.34. The number of amides is 1. The maximum atomic E-state index is 12.5. The van der Waals surface area contributed by atoms with Crippen LogP contribution in [0.1, 0.15) is 57.5 Å². The lowest BCUT2D eigenvalue weighted by atomic mass is 10.0. The van der Waals surface area contributed by atoms with E-state index in [1.54, 1.807) is 4.90 Å². The van der Waals surface area contributed by atoms with Crippen LogP contribution in [0.2, 0.25) is 0 Å². The van der Waals surface area contributed by atoms with Crippen molar-refractivity contribution in [1.82, 2.24) is 15.1 Å². The van der Waals surface area contributed by atoms with Crippen molar-refractivity contribution in [2.75, 3.05) is 6.54 Å². The summed E-state index contributed by atoms with van der Waals surface area (Å²) in [6.45, 7) is 8.27. The predicted molar refractivity (Wildman–Crippen MR) is 94.0 cm³/mol. The van der Waals surface area contributed by atoms with Crippen molar-refractivity contribution in [3.8, 4) is 11.5 Å². The van der Waals surface area contributed by atoms with E-state index in [4.69, 9.17) is 9.15 Å². The van der Waals surface area contributed by atoms with Gasteiger partial charge in [0.1, 0.15) is 11.6 Å². The maximum Gasteiger partial charge on any atom is 0.410 e. The lowest BCUT2D eigenvalue weighted by Gasteiger charge is -2.34. The minimum absolute atomic E-state index is 0.227. The predicted octanol–water partition coefficient (Wildman–Crippen LogP) is 4.51. The van der Waals surface area contributed by atoms with Gasteiger partial charge in [-0.15, -0.1) is 10.2 Å². The van der Waals surface area contributed by atoms with Crippen LogP contribution in [0.25, 0.3) is 11.5 Å². The van der Waals surface area contributed by atoms with Gasteiger partial charge in [-0.05, 0) is 59.1 Å². The molecule has 134 valence electrons. The van der Waals surface area contributed by atoms with E-state index in [1.165, 1.54) is 5.56 Å². The number of likely N-dealkylation sites (tertiary alicyclic amines) is 1. The van der Waals surface area contributed by atoms with Crippen LogP contribution >= 0.6 is 0 Å². The lowest BCUT2D eigenvalue weighted by molar-refractivity contribution is 0.00615. The number of hydrogen-bond acceptors (Lipinski definition) is 5. The van der Waals surface area contributed by atoms with Gasteiger partial charge in [0.05, 0.1) is 0 Å².